The molecule has 4 heterocycles. The van der Waals surface area contributed by atoms with E-state index in [-0.39, 0.29) is 0 Å². The van der Waals surface area contributed by atoms with E-state index in [0.717, 1.165) is 116 Å². The van der Waals surface area contributed by atoms with E-state index >= 15 is 0 Å². The van der Waals surface area contributed by atoms with Gasteiger partial charge < -0.3 is 13.3 Å². The number of nitrogens with zero attached hydrogens (tertiary/aromatic N) is 2. The Morgan fingerprint density at radius 1 is 0.281 bits per heavy atom. The Hall–Kier alpha value is -7.76. The van der Waals surface area contributed by atoms with Gasteiger partial charge in [0.2, 0.25) is 0 Å². The Balaban J connectivity index is 0.988. The van der Waals surface area contributed by atoms with Crippen LogP contribution in [0.15, 0.2) is 195 Å². The predicted octanol–water partition coefficient (Wildman–Crippen LogP) is 14.5. The minimum atomic E-state index is 0.597. The lowest BCUT2D eigenvalue weighted by molar-refractivity contribution is 0.669. The molecular formula is C52H30N2O3. The average molecular weight is 731 g/mol. The molecule has 12 rings (SSSR count). The van der Waals surface area contributed by atoms with Crippen LogP contribution in [0, 0.1) is 0 Å². The van der Waals surface area contributed by atoms with Crippen molar-refractivity contribution in [2.45, 2.75) is 0 Å². The van der Waals surface area contributed by atoms with Gasteiger partial charge in [0.25, 0.3) is 0 Å². The van der Waals surface area contributed by atoms with Crippen molar-refractivity contribution in [3.63, 3.8) is 0 Å². The highest BCUT2D eigenvalue weighted by Crippen LogP contribution is 2.40. The molecule has 12 aromatic rings. The Labute approximate surface area is 326 Å². The van der Waals surface area contributed by atoms with E-state index in [2.05, 4.69) is 133 Å². The molecule has 4 aromatic heterocycles. The van der Waals surface area contributed by atoms with Crippen molar-refractivity contribution in [1.82, 2.24) is 9.97 Å². The van der Waals surface area contributed by atoms with Gasteiger partial charge in [-0.1, -0.05) is 152 Å². The van der Waals surface area contributed by atoms with E-state index in [1.165, 1.54) is 0 Å². The molecule has 0 amide bonds. The second kappa shape index (κ2) is 12.4. The number of para-hydroxylation sites is 6. The van der Waals surface area contributed by atoms with Crippen LogP contribution in [0.2, 0.25) is 0 Å². The van der Waals surface area contributed by atoms with Crippen LogP contribution < -0.4 is 0 Å². The number of furan rings is 3. The Kier molecular flexibility index (Phi) is 6.86. The molecule has 8 aromatic carbocycles. The normalized spacial score (nSPS) is 11.9. The van der Waals surface area contributed by atoms with E-state index in [1.807, 2.05) is 48.5 Å². The molecule has 0 spiro atoms. The van der Waals surface area contributed by atoms with Crippen LogP contribution in [-0.2, 0) is 0 Å². The molecule has 5 nitrogen and oxygen atoms in total. The van der Waals surface area contributed by atoms with Crippen LogP contribution >= 0.6 is 0 Å². The maximum Gasteiger partial charge on any atom is 0.164 e. The summed E-state index contributed by atoms with van der Waals surface area (Å²) in [6.45, 7) is 0. The molecule has 0 bridgehead atoms. The molecule has 0 saturated carbocycles. The van der Waals surface area contributed by atoms with Crippen molar-refractivity contribution in [2.75, 3.05) is 0 Å². The first kappa shape index (κ1) is 31.6. The fourth-order valence-corrected chi connectivity index (χ4v) is 8.38. The summed E-state index contributed by atoms with van der Waals surface area (Å²) in [6.07, 6.45) is 0. The summed E-state index contributed by atoms with van der Waals surface area (Å²) in [6, 6.07) is 62.5. The molecule has 0 N–H and O–H groups in total. The highest BCUT2D eigenvalue weighted by Gasteiger charge is 2.18. The number of benzene rings is 8. The van der Waals surface area contributed by atoms with Crippen molar-refractivity contribution in [2.24, 2.45) is 0 Å². The third kappa shape index (κ3) is 5.03. The molecule has 0 aliphatic carbocycles. The molecule has 0 radical (unpaired) electrons. The molecule has 0 aliphatic heterocycles. The minimum absolute atomic E-state index is 0.597. The van der Waals surface area contributed by atoms with Gasteiger partial charge >= 0.3 is 0 Å². The molecule has 57 heavy (non-hydrogen) atoms. The first-order valence-electron chi connectivity index (χ1n) is 19.1. The summed E-state index contributed by atoms with van der Waals surface area (Å²) < 4.78 is 19.2. The van der Waals surface area contributed by atoms with Crippen LogP contribution in [0.3, 0.4) is 0 Å². The Morgan fingerprint density at radius 3 is 1.04 bits per heavy atom. The summed E-state index contributed by atoms with van der Waals surface area (Å²) in [4.78, 5) is 10.4. The fourth-order valence-electron chi connectivity index (χ4n) is 8.38. The van der Waals surface area contributed by atoms with Gasteiger partial charge in [0.1, 0.15) is 33.5 Å². The molecule has 0 saturated heterocycles. The molecule has 266 valence electrons. The van der Waals surface area contributed by atoms with Crippen LogP contribution in [0.5, 0.6) is 0 Å². The van der Waals surface area contributed by atoms with Crippen molar-refractivity contribution < 1.29 is 13.3 Å². The van der Waals surface area contributed by atoms with Gasteiger partial charge in [-0.3, -0.25) is 0 Å². The van der Waals surface area contributed by atoms with Crippen molar-refractivity contribution >= 4 is 65.8 Å². The first-order chi connectivity index (χ1) is 28.2. The zero-order valence-corrected chi connectivity index (χ0v) is 30.4. The smallest absolute Gasteiger partial charge is 0.164 e. The molecular weight excluding hydrogens is 701 g/mol. The second-order valence-electron chi connectivity index (χ2n) is 14.5. The monoisotopic (exact) mass is 730 g/mol. The van der Waals surface area contributed by atoms with Gasteiger partial charge in [-0.2, -0.15) is 0 Å². The summed E-state index contributed by atoms with van der Waals surface area (Å²) in [7, 11) is 0. The molecule has 0 aliphatic rings. The van der Waals surface area contributed by atoms with E-state index in [4.69, 9.17) is 23.2 Å². The number of aromatic nitrogens is 2. The summed E-state index contributed by atoms with van der Waals surface area (Å²) in [5.41, 5.74) is 13.8. The van der Waals surface area contributed by atoms with Crippen LogP contribution in [0.1, 0.15) is 0 Å². The zero-order chi connectivity index (χ0) is 37.5. The van der Waals surface area contributed by atoms with Crippen molar-refractivity contribution in [3.8, 4) is 56.2 Å². The third-order valence-corrected chi connectivity index (χ3v) is 11.2. The van der Waals surface area contributed by atoms with Gasteiger partial charge in [0.05, 0.1) is 17.0 Å². The van der Waals surface area contributed by atoms with E-state index in [9.17, 15) is 0 Å². The van der Waals surface area contributed by atoms with Crippen LogP contribution in [0.25, 0.3) is 122 Å². The van der Waals surface area contributed by atoms with Gasteiger partial charge in [-0.25, -0.2) is 9.97 Å². The van der Waals surface area contributed by atoms with Gasteiger partial charge in [0.15, 0.2) is 5.82 Å². The molecule has 0 unspecified atom stereocenters. The average Bonchev–Trinajstić information content (AvgIpc) is 3.98. The quantitative estimate of drug-likeness (QED) is 0.176. The number of hydrogen-bond donors (Lipinski definition) is 0. The molecule has 5 heteroatoms. The number of hydrogen-bond acceptors (Lipinski definition) is 5. The van der Waals surface area contributed by atoms with Crippen LogP contribution in [-0.4, -0.2) is 9.97 Å². The highest BCUT2D eigenvalue weighted by atomic mass is 16.3. The zero-order valence-electron chi connectivity index (χ0n) is 30.4. The van der Waals surface area contributed by atoms with Gasteiger partial charge in [0, 0.05) is 54.6 Å². The molecule has 0 fully saturated rings. The third-order valence-electron chi connectivity index (χ3n) is 11.2. The predicted molar refractivity (Wildman–Crippen MR) is 231 cm³/mol. The van der Waals surface area contributed by atoms with E-state index < -0.39 is 0 Å². The van der Waals surface area contributed by atoms with E-state index in [1.54, 1.807) is 0 Å². The summed E-state index contributed by atoms with van der Waals surface area (Å²) in [5, 5.41) is 6.55. The largest absolute Gasteiger partial charge is 0.455 e. The fraction of sp³-hybridized carbons (Fsp3) is 0. The molecule has 0 atom stereocenters. The lowest BCUT2D eigenvalue weighted by Crippen LogP contribution is -1.96. The summed E-state index contributed by atoms with van der Waals surface area (Å²) >= 11 is 0. The maximum absolute atomic E-state index is 6.47. The second-order valence-corrected chi connectivity index (χ2v) is 14.5. The Bertz CT molecular complexity index is 3340. The lowest BCUT2D eigenvalue weighted by Gasteiger charge is -2.11. The maximum atomic E-state index is 6.47. The minimum Gasteiger partial charge on any atom is -0.455 e. The topological polar surface area (TPSA) is 65.2 Å². The van der Waals surface area contributed by atoms with Gasteiger partial charge in [-0.15, -0.1) is 0 Å². The van der Waals surface area contributed by atoms with E-state index in [0.29, 0.717) is 5.82 Å². The lowest BCUT2D eigenvalue weighted by atomic mass is 9.98. The highest BCUT2D eigenvalue weighted by molar-refractivity contribution is 6.11. The number of rotatable bonds is 5. The van der Waals surface area contributed by atoms with Crippen LogP contribution in [0.4, 0.5) is 0 Å². The van der Waals surface area contributed by atoms with Crippen molar-refractivity contribution in [3.05, 3.63) is 182 Å². The first-order valence-corrected chi connectivity index (χ1v) is 19.1. The Morgan fingerprint density at radius 2 is 0.614 bits per heavy atom. The number of fused-ring (bicyclic) bond motifs is 9. The standard InChI is InChI=1S/C52H30N2O3/c1-4-19-46-37(10-1)40-15-7-13-35(49(40)55-46)31-22-26-33(27-23-31)44-30-45(54-52(53-44)43-18-9-17-42-39-12-3-6-21-48(39)57-51(42)43)34-28-24-32(25-29-34)36-14-8-16-41-38-11-2-5-20-47(38)56-50(36)41/h1-30H. The van der Waals surface area contributed by atoms with Crippen molar-refractivity contribution in [1.29, 1.82) is 0 Å². The van der Waals surface area contributed by atoms with Gasteiger partial charge in [-0.05, 0) is 41.5 Å². The SMILES string of the molecule is c1ccc2c(c1)oc1c(-c3ccc(-c4cc(-c5ccc(-c6cccc7c6oc6ccccc67)cc5)nc(-c5cccc6c5oc5ccccc56)n4)cc3)cccc12. The summed E-state index contributed by atoms with van der Waals surface area (Å²) in [5.74, 6) is 0.597.